The lowest BCUT2D eigenvalue weighted by Crippen LogP contribution is -2.21. The van der Waals surface area contributed by atoms with E-state index in [1.54, 1.807) is 0 Å². The molecule has 1 heterocycles. The van der Waals surface area contributed by atoms with Crippen molar-refractivity contribution in [3.8, 4) is 0 Å². The lowest BCUT2D eigenvalue weighted by Gasteiger charge is -2.24. The van der Waals surface area contributed by atoms with Crippen molar-refractivity contribution in [2.24, 2.45) is 16.7 Å². The second-order valence-electron chi connectivity index (χ2n) is 9.27. The molecule has 0 radical (unpaired) electrons. The Hall–Kier alpha value is -0.980. The van der Waals surface area contributed by atoms with Crippen molar-refractivity contribution >= 4 is 5.69 Å². The molecule has 1 atom stereocenters. The summed E-state index contributed by atoms with van der Waals surface area (Å²) in [6.07, 6.45) is 3.84. The largest absolute Gasteiger partial charge is 0.371 e. The maximum atomic E-state index is 2.57. The average molecular weight is 287 g/mol. The van der Waals surface area contributed by atoms with Crippen LogP contribution in [0.15, 0.2) is 24.3 Å². The normalized spacial score (nSPS) is 20.1. The van der Waals surface area contributed by atoms with Crippen molar-refractivity contribution in [1.29, 1.82) is 0 Å². The maximum Gasteiger partial charge on any atom is 0.0366 e. The maximum absolute atomic E-state index is 2.57. The van der Waals surface area contributed by atoms with Crippen LogP contribution in [0.4, 0.5) is 5.69 Å². The van der Waals surface area contributed by atoms with Gasteiger partial charge in [0.25, 0.3) is 0 Å². The molecule has 0 aliphatic carbocycles. The van der Waals surface area contributed by atoms with Gasteiger partial charge in [0.05, 0.1) is 0 Å². The first-order chi connectivity index (χ1) is 9.62. The minimum Gasteiger partial charge on any atom is -0.371 e. The van der Waals surface area contributed by atoms with Gasteiger partial charge in [-0.2, -0.15) is 0 Å². The van der Waals surface area contributed by atoms with Crippen LogP contribution in [0.2, 0.25) is 0 Å². The SMILES string of the molecule is CC(C)(C)Cc1ccc(N2CC[C@H](CC(C)(C)C)C2)cc1. The monoisotopic (exact) mass is 287 g/mol. The first-order valence-corrected chi connectivity index (χ1v) is 8.46. The summed E-state index contributed by atoms with van der Waals surface area (Å²) in [4.78, 5) is 2.57. The minimum atomic E-state index is 0.368. The van der Waals surface area contributed by atoms with Crippen LogP contribution >= 0.6 is 0 Å². The number of hydrogen-bond acceptors (Lipinski definition) is 1. The van der Waals surface area contributed by atoms with E-state index in [1.807, 2.05) is 0 Å². The van der Waals surface area contributed by atoms with E-state index < -0.39 is 0 Å². The van der Waals surface area contributed by atoms with Gasteiger partial charge in [0.2, 0.25) is 0 Å². The van der Waals surface area contributed by atoms with Crippen molar-refractivity contribution < 1.29 is 0 Å². The van der Waals surface area contributed by atoms with Gasteiger partial charge in [-0.1, -0.05) is 53.7 Å². The van der Waals surface area contributed by atoms with Crippen molar-refractivity contribution in [1.82, 2.24) is 0 Å². The summed E-state index contributed by atoms with van der Waals surface area (Å²) in [5.41, 5.74) is 3.69. The van der Waals surface area contributed by atoms with Crippen LogP contribution in [0, 0.1) is 16.7 Å². The van der Waals surface area contributed by atoms with E-state index in [0.717, 1.165) is 12.3 Å². The molecule has 1 aliphatic rings. The third-order valence-electron chi connectivity index (χ3n) is 4.22. The van der Waals surface area contributed by atoms with Gasteiger partial charge in [0, 0.05) is 18.8 Å². The molecular weight excluding hydrogens is 254 g/mol. The molecule has 2 rings (SSSR count). The van der Waals surface area contributed by atoms with E-state index in [9.17, 15) is 0 Å². The van der Waals surface area contributed by atoms with Crippen LogP contribution in [0.3, 0.4) is 0 Å². The molecule has 0 aromatic heterocycles. The number of benzene rings is 1. The van der Waals surface area contributed by atoms with E-state index in [2.05, 4.69) is 70.7 Å². The third-order valence-corrected chi connectivity index (χ3v) is 4.22. The molecule has 1 aromatic carbocycles. The molecule has 0 unspecified atom stereocenters. The molecule has 1 fully saturated rings. The van der Waals surface area contributed by atoms with Crippen LogP contribution in [0.1, 0.15) is 59.9 Å². The average Bonchev–Trinajstić information content (AvgIpc) is 2.74. The number of rotatable bonds is 3. The van der Waals surface area contributed by atoms with E-state index in [0.29, 0.717) is 10.8 Å². The summed E-state index contributed by atoms with van der Waals surface area (Å²) in [5.74, 6) is 0.860. The molecule has 0 N–H and O–H groups in total. The van der Waals surface area contributed by atoms with Crippen LogP contribution in [0.5, 0.6) is 0 Å². The highest BCUT2D eigenvalue weighted by molar-refractivity contribution is 5.48. The predicted octanol–water partition coefficient (Wildman–Crippen LogP) is 5.54. The summed E-state index contributed by atoms with van der Waals surface area (Å²) in [6.45, 7) is 16.4. The van der Waals surface area contributed by atoms with Crippen molar-refractivity contribution in [2.45, 2.75) is 60.8 Å². The highest BCUT2D eigenvalue weighted by atomic mass is 15.1. The highest BCUT2D eigenvalue weighted by Crippen LogP contribution is 2.33. The fourth-order valence-electron chi connectivity index (χ4n) is 3.54. The van der Waals surface area contributed by atoms with Gasteiger partial charge in [-0.15, -0.1) is 0 Å². The standard InChI is InChI=1S/C20H33N/c1-19(2,3)13-16-7-9-18(10-8-16)21-12-11-17(15-21)14-20(4,5)6/h7-10,17H,11-15H2,1-6H3/t17-/m1/s1. The zero-order chi connectivity index (χ0) is 15.7. The summed E-state index contributed by atoms with van der Waals surface area (Å²) in [6, 6.07) is 9.27. The van der Waals surface area contributed by atoms with Crippen LogP contribution < -0.4 is 4.90 Å². The van der Waals surface area contributed by atoms with Crippen LogP contribution in [-0.2, 0) is 6.42 Å². The Morgan fingerprint density at radius 2 is 1.57 bits per heavy atom. The molecule has 1 aromatic rings. The van der Waals surface area contributed by atoms with Gasteiger partial charge in [-0.3, -0.25) is 0 Å². The van der Waals surface area contributed by atoms with Crippen molar-refractivity contribution in [3.63, 3.8) is 0 Å². The number of anilines is 1. The molecule has 0 saturated carbocycles. The highest BCUT2D eigenvalue weighted by Gasteiger charge is 2.26. The van der Waals surface area contributed by atoms with Crippen LogP contribution in [-0.4, -0.2) is 13.1 Å². The summed E-state index contributed by atoms with van der Waals surface area (Å²) in [7, 11) is 0. The molecule has 1 saturated heterocycles. The van der Waals surface area contributed by atoms with Crippen molar-refractivity contribution in [3.05, 3.63) is 29.8 Å². The molecule has 0 bridgehead atoms. The lowest BCUT2D eigenvalue weighted by atomic mass is 9.84. The Balaban J connectivity index is 1.94. The quantitative estimate of drug-likeness (QED) is 0.705. The fourth-order valence-corrected chi connectivity index (χ4v) is 3.54. The van der Waals surface area contributed by atoms with Gasteiger partial charge in [-0.25, -0.2) is 0 Å². The van der Waals surface area contributed by atoms with Gasteiger partial charge in [-0.05, 0) is 53.7 Å². The zero-order valence-corrected chi connectivity index (χ0v) is 14.9. The Morgan fingerprint density at radius 1 is 0.952 bits per heavy atom. The lowest BCUT2D eigenvalue weighted by molar-refractivity contribution is 0.308. The first kappa shape index (κ1) is 16.4. The molecule has 118 valence electrons. The molecule has 1 nitrogen and oxygen atoms in total. The Kier molecular flexibility index (Phi) is 4.70. The van der Waals surface area contributed by atoms with E-state index in [4.69, 9.17) is 0 Å². The van der Waals surface area contributed by atoms with Gasteiger partial charge < -0.3 is 4.90 Å². The number of hydrogen-bond donors (Lipinski definition) is 0. The topological polar surface area (TPSA) is 3.24 Å². The molecular formula is C20H33N. The van der Waals surface area contributed by atoms with Gasteiger partial charge in [0.15, 0.2) is 0 Å². The Bertz CT molecular complexity index is 444. The zero-order valence-electron chi connectivity index (χ0n) is 14.9. The van der Waals surface area contributed by atoms with E-state index in [1.165, 1.54) is 37.2 Å². The van der Waals surface area contributed by atoms with Gasteiger partial charge >= 0.3 is 0 Å². The Morgan fingerprint density at radius 3 is 2.10 bits per heavy atom. The second kappa shape index (κ2) is 6.02. The van der Waals surface area contributed by atoms with Gasteiger partial charge in [0.1, 0.15) is 0 Å². The summed E-state index contributed by atoms with van der Waals surface area (Å²) < 4.78 is 0. The molecule has 1 heteroatoms. The smallest absolute Gasteiger partial charge is 0.0366 e. The van der Waals surface area contributed by atoms with E-state index >= 15 is 0 Å². The summed E-state index contributed by atoms with van der Waals surface area (Å²) in [5, 5.41) is 0. The fraction of sp³-hybridized carbons (Fsp3) is 0.700. The predicted molar refractivity (Wildman–Crippen MR) is 94.0 cm³/mol. The first-order valence-electron chi connectivity index (χ1n) is 8.46. The minimum absolute atomic E-state index is 0.368. The molecule has 0 amide bonds. The second-order valence-corrected chi connectivity index (χ2v) is 9.27. The Labute approximate surface area is 131 Å². The molecule has 21 heavy (non-hydrogen) atoms. The van der Waals surface area contributed by atoms with E-state index in [-0.39, 0.29) is 0 Å². The van der Waals surface area contributed by atoms with Crippen LogP contribution in [0.25, 0.3) is 0 Å². The molecule has 0 spiro atoms. The number of nitrogens with zero attached hydrogens (tertiary/aromatic N) is 1. The summed E-state index contributed by atoms with van der Waals surface area (Å²) >= 11 is 0. The molecule has 1 aliphatic heterocycles. The van der Waals surface area contributed by atoms with Crippen molar-refractivity contribution in [2.75, 3.05) is 18.0 Å². The third kappa shape index (κ3) is 5.37.